The van der Waals surface area contributed by atoms with Crippen molar-refractivity contribution in [3.05, 3.63) is 65.1 Å². The van der Waals surface area contributed by atoms with E-state index in [2.05, 4.69) is 66.4 Å². The first-order valence-corrected chi connectivity index (χ1v) is 7.95. The van der Waals surface area contributed by atoms with Crippen LogP contribution in [-0.4, -0.2) is 9.55 Å². The van der Waals surface area contributed by atoms with Crippen molar-refractivity contribution < 1.29 is 4.57 Å². The molecular formula is C20H17BkN3. The number of aromatic nitrogens is 3. The Labute approximate surface area is 134 Å². The van der Waals surface area contributed by atoms with Crippen molar-refractivity contribution in [2.45, 2.75) is 20.3 Å². The maximum atomic E-state index is 4.91. The molecule has 0 spiro atoms. The van der Waals surface area contributed by atoms with Crippen LogP contribution in [0.15, 0.2) is 36.4 Å². The predicted molar refractivity (Wildman–Crippen MR) is 90.9 cm³/mol. The fourth-order valence-corrected chi connectivity index (χ4v) is 3.84. The average molecular weight is 546 g/mol. The topological polar surface area (TPSA) is 21.7 Å². The zero-order valence-electron chi connectivity index (χ0n) is 13.8. The van der Waals surface area contributed by atoms with E-state index in [0.717, 1.165) is 17.8 Å². The van der Waals surface area contributed by atoms with Crippen molar-refractivity contribution >= 4 is 21.9 Å². The fourth-order valence-electron chi connectivity index (χ4n) is 3.84. The maximum Gasteiger partial charge on any atom is 0.296 e. The Morgan fingerprint density at radius 2 is 1.92 bits per heavy atom. The molecule has 0 saturated heterocycles. The van der Waals surface area contributed by atoms with Gasteiger partial charge < -0.3 is 4.57 Å². The van der Waals surface area contributed by atoms with Crippen LogP contribution in [0.4, 0.5) is 0 Å². The summed E-state index contributed by atoms with van der Waals surface area (Å²) in [6.45, 7) is 4.28. The zero-order chi connectivity index (χ0) is 15.7. The van der Waals surface area contributed by atoms with Gasteiger partial charge >= 0.3 is 0 Å². The summed E-state index contributed by atoms with van der Waals surface area (Å²) in [4.78, 5) is 4.91. The van der Waals surface area contributed by atoms with Crippen molar-refractivity contribution in [1.82, 2.24) is 9.55 Å². The smallest absolute Gasteiger partial charge is 0.296 e. The van der Waals surface area contributed by atoms with Gasteiger partial charge in [0.1, 0.15) is 0 Å². The number of hydrogen-bond donors (Lipinski definition) is 0. The van der Waals surface area contributed by atoms with Gasteiger partial charge in [0.25, 0.3) is 5.82 Å². The van der Waals surface area contributed by atoms with Crippen molar-refractivity contribution in [3.63, 3.8) is 0 Å². The first-order chi connectivity index (χ1) is 11.1. The SMILES string of the molecule is Cc1[c-]ccc2c1-[n+]1c(nc3ccc4ccc(C)n(C)c4c31)C2.[Bk]. The van der Waals surface area contributed by atoms with Gasteiger partial charge in [-0.1, -0.05) is 18.6 Å². The molecule has 0 aliphatic carbocycles. The van der Waals surface area contributed by atoms with Crippen molar-refractivity contribution in [2.75, 3.05) is 0 Å². The molecule has 0 atom stereocenters. The number of rotatable bonds is 0. The van der Waals surface area contributed by atoms with Crippen LogP contribution in [-0.2, 0) is 13.5 Å². The molecule has 3 nitrogen and oxygen atoms in total. The largest absolute Gasteiger partial charge is 0.344 e. The Hall–Kier alpha value is -3.68. The molecule has 2 aromatic heterocycles. The Balaban J connectivity index is 0.00000146. The van der Waals surface area contributed by atoms with Gasteiger partial charge in [0.15, 0.2) is 5.52 Å². The summed E-state index contributed by atoms with van der Waals surface area (Å²) in [6, 6.07) is 16.2. The van der Waals surface area contributed by atoms with E-state index in [1.165, 1.54) is 38.9 Å². The molecule has 1 radical (unpaired) electrons. The number of pyridine rings is 1. The van der Waals surface area contributed by atoms with E-state index < -0.39 is 0 Å². The van der Waals surface area contributed by atoms with E-state index >= 15 is 0 Å². The summed E-state index contributed by atoms with van der Waals surface area (Å²) in [5.74, 6) is 1.13. The monoisotopic (exact) mass is 546 g/mol. The van der Waals surface area contributed by atoms with Crippen LogP contribution in [0, 0.1) is 19.9 Å². The van der Waals surface area contributed by atoms with Crippen LogP contribution in [0.2, 0.25) is 0 Å². The molecule has 0 bridgehead atoms. The van der Waals surface area contributed by atoms with Crippen LogP contribution in [0.1, 0.15) is 22.6 Å². The molecule has 0 N–H and O–H groups in total. The first-order valence-electron chi connectivity index (χ1n) is 7.95. The number of benzene rings is 2. The number of fused-ring (bicyclic) bond motifs is 7. The van der Waals surface area contributed by atoms with Crippen LogP contribution in [0.5, 0.6) is 0 Å². The van der Waals surface area contributed by atoms with Gasteiger partial charge in [0.2, 0.25) is 5.52 Å². The average Bonchev–Trinajstić information content (AvgIpc) is 3.06. The summed E-state index contributed by atoms with van der Waals surface area (Å²) < 4.78 is 4.62. The Kier molecular flexibility index (Phi) is 2.57. The summed E-state index contributed by atoms with van der Waals surface area (Å²) in [5, 5.41) is 1.25. The van der Waals surface area contributed by atoms with Gasteiger partial charge in [0, 0.05) is 23.8 Å². The summed E-state index contributed by atoms with van der Waals surface area (Å²) in [5.41, 5.74) is 8.57. The van der Waals surface area contributed by atoms with Gasteiger partial charge in [0.05, 0.1) is 11.9 Å². The quantitative estimate of drug-likeness (QED) is 0.216. The third-order valence-corrected chi connectivity index (χ3v) is 5.08. The minimum Gasteiger partial charge on any atom is -0.344 e. The molecule has 0 fully saturated rings. The van der Waals surface area contributed by atoms with E-state index in [1.54, 1.807) is 0 Å². The molecule has 3 heterocycles. The summed E-state index contributed by atoms with van der Waals surface area (Å²) >= 11 is 0. The number of hydrogen-bond acceptors (Lipinski definition) is 1. The second-order valence-electron chi connectivity index (χ2n) is 6.42. The molecule has 121 valence electrons. The van der Waals surface area contributed by atoms with Gasteiger partial charge in [-0.15, -0.1) is 5.56 Å². The number of imidazole rings is 1. The molecule has 4 aromatic rings. The van der Waals surface area contributed by atoms with Gasteiger partial charge in [-0.05, 0) is 30.1 Å². The second-order valence-corrected chi connectivity index (χ2v) is 6.42. The van der Waals surface area contributed by atoms with E-state index in [-0.39, 0.29) is 0 Å². The molecule has 1 aliphatic heterocycles. The fraction of sp³-hybridized carbons (Fsp3) is 0.200. The zero-order valence-corrected chi connectivity index (χ0v) is 16.6. The molecule has 0 amide bonds. The Morgan fingerprint density at radius 1 is 1.12 bits per heavy atom. The maximum absolute atomic E-state index is 4.91. The molecule has 5 rings (SSSR count). The summed E-state index contributed by atoms with van der Waals surface area (Å²) in [6.07, 6.45) is 0.899. The normalized spacial score (nSPS) is 12.3. The van der Waals surface area contributed by atoms with E-state index in [1.807, 2.05) is 6.07 Å². The minimum atomic E-state index is 0. The molecule has 24 heavy (non-hydrogen) atoms. The van der Waals surface area contributed by atoms with Crippen LogP contribution in [0.25, 0.3) is 27.6 Å². The standard InChI is InChI=1S/C20H17N3.Bk/c1-12-5-4-6-15-11-17-21-16-10-9-14-8-7-13(2)22(3)19(14)20(16)23(17)18(12)15;/h4,6-10H,11H2,1-3H3;. The number of nitrogens with zero attached hydrogens (tertiary/aromatic N) is 3. The van der Waals surface area contributed by atoms with E-state index in [4.69, 9.17) is 4.98 Å². The Bertz CT molecular complexity index is 1130. The predicted octanol–water partition coefficient (Wildman–Crippen LogP) is 3.32. The van der Waals surface area contributed by atoms with Crippen LogP contribution >= 0.6 is 0 Å². The molecule has 4 heteroatoms. The number of aryl methyl sites for hydroxylation is 3. The van der Waals surface area contributed by atoms with Crippen molar-refractivity contribution in [1.29, 1.82) is 0 Å². The molecule has 2 aromatic carbocycles. The molecule has 0 unspecified atom stereocenters. The third-order valence-electron chi connectivity index (χ3n) is 5.08. The Morgan fingerprint density at radius 3 is 2.75 bits per heavy atom. The van der Waals surface area contributed by atoms with Crippen LogP contribution in [0.3, 0.4) is 0 Å². The van der Waals surface area contributed by atoms with Gasteiger partial charge in [-0.2, -0.15) is 18.2 Å². The van der Waals surface area contributed by atoms with E-state index in [0.29, 0.717) is 0 Å². The first kappa shape index (κ1) is 13.9. The second kappa shape index (κ2) is 4.42. The molecule has 0 saturated carbocycles. The molecule has 1 aliphatic rings. The minimum absolute atomic E-state index is 0. The van der Waals surface area contributed by atoms with Gasteiger partial charge in [-0.3, -0.25) is 0 Å². The third kappa shape index (κ3) is 1.51. The summed E-state index contributed by atoms with van der Waals surface area (Å²) in [7, 11) is 2.14. The van der Waals surface area contributed by atoms with Crippen LogP contribution < -0.4 is 4.57 Å². The molecular weight excluding hydrogens is 529 g/mol. The van der Waals surface area contributed by atoms with Gasteiger partial charge in [-0.25, -0.2) is 4.57 Å². The van der Waals surface area contributed by atoms with Crippen molar-refractivity contribution in [3.8, 4) is 5.69 Å². The van der Waals surface area contributed by atoms with Crippen molar-refractivity contribution in [2.24, 2.45) is 7.05 Å². The van der Waals surface area contributed by atoms with E-state index in [9.17, 15) is 0 Å².